The smallest absolute Gasteiger partial charge is 0.269 e. The lowest BCUT2D eigenvalue weighted by Gasteiger charge is -2.33. The van der Waals surface area contributed by atoms with Crippen LogP contribution in [0.4, 0.5) is 5.69 Å². The van der Waals surface area contributed by atoms with Gasteiger partial charge < -0.3 is 5.32 Å². The zero-order chi connectivity index (χ0) is 13.8. The second-order valence-electron chi connectivity index (χ2n) is 5.81. The van der Waals surface area contributed by atoms with E-state index in [2.05, 4.69) is 19.2 Å². The molecule has 0 spiro atoms. The van der Waals surface area contributed by atoms with Crippen molar-refractivity contribution in [2.45, 2.75) is 45.7 Å². The van der Waals surface area contributed by atoms with Crippen molar-refractivity contribution in [2.75, 3.05) is 0 Å². The number of rotatable bonds is 4. The molecular weight excluding hydrogens is 240 g/mol. The van der Waals surface area contributed by atoms with Crippen molar-refractivity contribution >= 4 is 5.69 Å². The number of non-ortho nitro benzene ring substituents is 1. The van der Waals surface area contributed by atoms with Crippen molar-refractivity contribution in [3.63, 3.8) is 0 Å². The summed E-state index contributed by atoms with van der Waals surface area (Å²) in [5.41, 5.74) is 1.16. The van der Waals surface area contributed by atoms with Gasteiger partial charge in [0.15, 0.2) is 0 Å². The number of nitro groups is 1. The van der Waals surface area contributed by atoms with Crippen LogP contribution in [0.1, 0.15) is 38.7 Å². The summed E-state index contributed by atoms with van der Waals surface area (Å²) in [6.45, 7) is 5.30. The normalized spacial score (nSPS) is 27.2. The Labute approximate surface area is 114 Å². The molecule has 1 fully saturated rings. The Morgan fingerprint density at radius 3 is 2.89 bits per heavy atom. The first kappa shape index (κ1) is 14.0. The molecule has 2 rings (SSSR count). The molecule has 0 aromatic heterocycles. The zero-order valence-electron chi connectivity index (χ0n) is 11.6. The summed E-state index contributed by atoms with van der Waals surface area (Å²) in [5.74, 6) is 1.47. The van der Waals surface area contributed by atoms with Gasteiger partial charge in [-0.15, -0.1) is 0 Å². The molecule has 0 radical (unpaired) electrons. The van der Waals surface area contributed by atoms with Crippen LogP contribution in [-0.4, -0.2) is 11.0 Å². The maximum atomic E-state index is 10.7. The van der Waals surface area contributed by atoms with E-state index < -0.39 is 0 Å². The van der Waals surface area contributed by atoms with E-state index in [-0.39, 0.29) is 10.6 Å². The molecule has 1 aliphatic rings. The third-order valence-electron chi connectivity index (χ3n) is 4.15. The highest BCUT2D eigenvalue weighted by Crippen LogP contribution is 2.28. The molecule has 1 N–H and O–H groups in total. The number of nitrogens with one attached hydrogen (secondary N) is 1. The molecule has 0 heterocycles. The third kappa shape index (κ3) is 3.77. The maximum Gasteiger partial charge on any atom is 0.269 e. The molecule has 3 unspecified atom stereocenters. The molecule has 1 saturated carbocycles. The molecule has 4 nitrogen and oxygen atoms in total. The average Bonchev–Trinajstić information content (AvgIpc) is 2.40. The van der Waals surface area contributed by atoms with Crippen LogP contribution in [0.2, 0.25) is 0 Å². The van der Waals surface area contributed by atoms with Gasteiger partial charge in [0.25, 0.3) is 5.69 Å². The molecule has 0 amide bonds. The van der Waals surface area contributed by atoms with E-state index in [1.54, 1.807) is 12.1 Å². The van der Waals surface area contributed by atoms with Gasteiger partial charge in [0.2, 0.25) is 0 Å². The Morgan fingerprint density at radius 1 is 1.37 bits per heavy atom. The van der Waals surface area contributed by atoms with E-state index in [9.17, 15) is 10.1 Å². The minimum absolute atomic E-state index is 0.171. The lowest BCUT2D eigenvalue weighted by Crippen LogP contribution is -2.39. The van der Waals surface area contributed by atoms with E-state index in [1.165, 1.54) is 25.3 Å². The maximum absolute atomic E-state index is 10.7. The first-order chi connectivity index (χ1) is 9.06. The monoisotopic (exact) mass is 262 g/mol. The fourth-order valence-electron chi connectivity index (χ4n) is 2.85. The highest BCUT2D eigenvalue weighted by molar-refractivity contribution is 5.34. The van der Waals surface area contributed by atoms with Crippen LogP contribution in [0.5, 0.6) is 0 Å². The van der Waals surface area contributed by atoms with Crippen LogP contribution < -0.4 is 5.32 Å². The Kier molecular flexibility index (Phi) is 4.53. The molecule has 3 atom stereocenters. The predicted octanol–water partition coefficient (Wildman–Crippen LogP) is 3.51. The minimum atomic E-state index is -0.338. The van der Waals surface area contributed by atoms with Gasteiger partial charge in [-0.25, -0.2) is 0 Å². The summed E-state index contributed by atoms with van der Waals surface area (Å²) in [7, 11) is 0. The van der Waals surface area contributed by atoms with Crippen LogP contribution in [0.3, 0.4) is 0 Å². The van der Waals surface area contributed by atoms with Gasteiger partial charge in [0.05, 0.1) is 4.92 Å². The zero-order valence-corrected chi connectivity index (χ0v) is 11.6. The first-order valence-corrected chi connectivity index (χ1v) is 7.03. The third-order valence-corrected chi connectivity index (χ3v) is 4.15. The van der Waals surface area contributed by atoms with Gasteiger partial charge in [-0.05, 0) is 30.2 Å². The van der Waals surface area contributed by atoms with Crippen molar-refractivity contribution in [2.24, 2.45) is 11.8 Å². The number of nitro benzene ring substituents is 1. The number of hydrogen-bond acceptors (Lipinski definition) is 3. The highest BCUT2D eigenvalue weighted by Gasteiger charge is 2.24. The van der Waals surface area contributed by atoms with E-state index in [4.69, 9.17) is 0 Å². The fraction of sp³-hybridized carbons (Fsp3) is 0.600. The Bertz CT molecular complexity index is 448. The summed E-state index contributed by atoms with van der Waals surface area (Å²) in [5, 5.41) is 14.3. The van der Waals surface area contributed by atoms with Crippen molar-refractivity contribution in [1.82, 2.24) is 5.32 Å². The molecule has 1 aromatic carbocycles. The van der Waals surface area contributed by atoms with Crippen LogP contribution in [0, 0.1) is 22.0 Å². The minimum Gasteiger partial charge on any atom is -0.310 e. The molecule has 0 saturated heterocycles. The van der Waals surface area contributed by atoms with Crippen LogP contribution in [-0.2, 0) is 6.54 Å². The van der Waals surface area contributed by atoms with Crippen molar-refractivity contribution in [3.05, 3.63) is 39.9 Å². The van der Waals surface area contributed by atoms with E-state index >= 15 is 0 Å². The number of hydrogen-bond donors (Lipinski definition) is 1. The van der Waals surface area contributed by atoms with Crippen LogP contribution in [0.25, 0.3) is 0 Å². The summed E-state index contributed by atoms with van der Waals surface area (Å²) >= 11 is 0. The van der Waals surface area contributed by atoms with E-state index in [0.29, 0.717) is 18.5 Å². The lowest BCUT2D eigenvalue weighted by molar-refractivity contribution is -0.384. The summed E-state index contributed by atoms with van der Waals surface area (Å²) in [6.07, 6.45) is 3.79. The molecule has 4 heteroatoms. The van der Waals surface area contributed by atoms with Gasteiger partial charge in [0.1, 0.15) is 0 Å². The molecule has 1 aromatic rings. The largest absolute Gasteiger partial charge is 0.310 e. The standard InChI is InChI=1S/C15H22N2O2/c1-11-6-7-12(2)15(8-11)16-10-13-4-3-5-14(9-13)17(18)19/h3-5,9,11-12,15-16H,6-8,10H2,1-2H3. The summed E-state index contributed by atoms with van der Waals surface area (Å²) in [4.78, 5) is 10.4. The second-order valence-corrected chi connectivity index (χ2v) is 5.81. The quantitative estimate of drug-likeness (QED) is 0.667. The van der Waals surface area contributed by atoms with Gasteiger partial charge >= 0.3 is 0 Å². The van der Waals surface area contributed by atoms with Crippen molar-refractivity contribution in [3.8, 4) is 0 Å². The van der Waals surface area contributed by atoms with Crippen LogP contribution >= 0.6 is 0 Å². The van der Waals surface area contributed by atoms with Crippen molar-refractivity contribution in [1.29, 1.82) is 0 Å². The Hall–Kier alpha value is -1.42. The number of nitrogens with zero attached hydrogens (tertiary/aromatic N) is 1. The Morgan fingerprint density at radius 2 is 2.16 bits per heavy atom. The molecule has 19 heavy (non-hydrogen) atoms. The van der Waals surface area contributed by atoms with Crippen molar-refractivity contribution < 1.29 is 4.92 Å². The molecule has 0 aliphatic heterocycles. The van der Waals surface area contributed by atoms with Gasteiger partial charge in [0, 0.05) is 24.7 Å². The van der Waals surface area contributed by atoms with Gasteiger partial charge in [-0.3, -0.25) is 10.1 Å². The predicted molar refractivity (Wildman–Crippen MR) is 75.9 cm³/mol. The lowest BCUT2D eigenvalue weighted by atomic mass is 9.80. The second kappa shape index (κ2) is 6.15. The fourth-order valence-corrected chi connectivity index (χ4v) is 2.85. The van der Waals surface area contributed by atoms with Crippen LogP contribution in [0.15, 0.2) is 24.3 Å². The summed E-state index contributed by atoms with van der Waals surface area (Å²) in [6, 6.07) is 7.42. The number of benzene rings is 1. The molecule has 104 valence electrons. The summed E-state index contributed by atoms with van der Waals surface area (Å²) < 4.78 is 0. The average molecular weight is 262 g/mol. The molecular formula is C15H22N2O2. The first-order valence-electron chi connectivity index (χ1n) is 7.03. The highest BCUT2D eigenvalue weighted by atomic mass is 16.6. The van der Waals surface area contributed by atoms with Gasteiger partial charge in [-0.2, -0.15) is 0 Å². The molecule has 1 aliphatic carbocycles. The Balaban J connectivity index is 1.94. The molecule has 0 bridgehead atoms. The topological polar surface area (TPSA) is 55.2 Å². The van der Waals surface area contributed by atoms with Gasteiger partial charge in [-0.1, -0.05) is 32.4 Å². The van der Waals surface area contributed by atoms with E-state index in [0.717, 1.165) is 11.5 Å². The van der Waals surface area contributed by atoms with E-state index in [1.807, 2.05) is 6.07 Å². The SMILES string of the molecule is CC1CCC(C)C(NCc2cccc([N+](=O)[O-])c2)C1.